The average Bonchev–Trinajstić information content (AvgIpc) is 3.39. The summed E-state index contributed by atoms with van der Waals surface area (Å²) in [6.45, 7) is 4.01. The lowest BCUT2D eigenvalue weighted by Crippen LogP contribution is -2.25. The number of rotatable bonds is 8. The number of benzene rings is 3. The summed E-state index contributed by atoms with van der Waals surface area (Å²) in [4.78, 5) is 18.1. The molecule has 0 aliphatic rings. The second-order valence-corrected chi connectivity index (χ2v) is 9.81. The molecule has 0 amide bonds. The van der Waals surface area contributed by atoms with E-state index in [1.165, 1.54) is 36.1 Å². The van der Waals surface area contributed by atoms with E-state index in [-0.39, 0.29) is 12.1 Å². The third-order valence-electron chi connectivity index (χ3n) is 6.51. The molecule has 3 aromatic carbocycles. The predicted octanol–water partition coefficient (Wildman–Crippen LogP) is 5.09. The maximum Gasteiger partial charge on any atom is 0.262 e. The average molecular weight is 539 g/mol. The summed E-state index contributed by atoms with van der Waals surface area (Å²) >= 11 is 1.40. The molecule has 0 radical (unpaired) electrons. The van der Waals surface area contributed by atoms with Crippen molar-refractivity contribution < 1.29 is 9.47 Å². The smallest absolute Gasteiger partial charge is 0.262 e. The van der Waals surface area contributed by atoms with Crippen molar-refractivity contribution >= 4 is 22.7 Å². The SMILES string of the molecule is COc1cc2nc(CSc3nnc(-c4ccccc4)n3-c3ccc(C)c(C)c3)n(CC#N)c(=O)c2cc1OC. The van der Waals surface area contributed by atoms with Gasteiger partial charge in [-0.05, 0) is 43.2 Å². The monoisotopic (exact) mass is 538 g/mol. The number of hydrogen-bond acceptors (Lipinski definition) is 8. The Labute approximate surface area is 229 Å². The van der Waals surface area contributed by atoms with Crippen molar-refractivity contribution in [2.75, 3.05) is 14.2 Å². The molecule has 0 unspecified atom stereocenters. The minimum absolute atomic E-state index is 0.134. The molecular formula is C29H26N6O3S. The summed E-state index contributed by atoms with van der Waals surface area (Å²) in [6, 6.07) is 21.4. The fourth-order valence-corrected chi connectivity index (χ4v) is 5.20. The Kier molecular flexibility index (Phi) is 7.34. The highest BCUT2D eigenvalue weighted by Crippen LogP contribution is 2.32. The zero-order valence-electron chi connectivity index (χ0n) is 22.0. The van der Waals surface area contributed by atoms with Crippen LogP contribution in [0.5, 0.6) is 11.5 Å². The van der Waals surface area contributed by atoms with Gasteiger partial charge in [0.2, 0.25) is 0 Å². The van der Waals surface area contributed by atoms with E-state index in [1.807, 2.05) is 41.0 Å². The first-order valence-corrected chi connectivity index (χ1v) is 13.2. The summed E-state index contributed by atoms with van der Waals surface area (Å²) in [5.74, 6) is 2.33. The van der Waals surface area contributed by atoms with Crippen molar-refractivity contribution in [1.82, 2.24) is 24.3 Å². The minimum Gasteiger partial charge on any atom is -0.493 e. The van der Waals surface area contributed by atoms with Gasteiger partial charge in [-0.25, -0.2) is 4.98 Å². The predicted molar refractivity (Wildman–Crippen MR) is 151 cm³/mol. The molecule has 0 fully saturated rings. The minimum atomic E-state index is -0.321. The van der Waals surface area contributed by atoms with Crippen molar-refractivity contribution in [3.05, 3.63) is 88.0 Å². The third-order valence-corrected chi connectivity index (χ3v) is 7.44. The van der Waals surface area contributed by atoms with Crippen LogP contribution >= 0.6 is 11.8 Å². The Morgan fingerprint density at radius 3 is 2.38 bits per heavy atom. The highest BCUT2D eigenvalue weighted by molar-refractivity contribution is 7.98. The molecule has 0 atom stereocenters. The molecule has 0 N–H and O–H groups in total. The molecule has 39 heavy (non-hydrogen) atoms. The van der Waals surface area contributed by atoms with E-state index >= 15 is 0 Å². The Bertz CT molecular complexity index is 1770. The van der Waals surface area contributed by atoms with Gasteiger partial charge in [-0.1, -0.05) is 48.2 Å². The summed E-state index contributed by atoms with van der Waals surface area (Å²) in [5, 5.41) is 19.5. The summed E-state index contributed by atoms with van der Waals surface area (Å²) in [5.41, 5.74) is 4.35. The molecule has 196 valence electrons. The van der Waals surface area contributed by atoms with E-state index in [9.17, 15) is 10.1 Å². The van der Waals surface area contributed by atoms with Gasteiger partial charge in [0.15, 0.2) is 22.5 Å². The molecule has 0 saturated heterocycles. The molecular weight excluding hydrogens is 512 g/mol. The van der Waals surface area contributed by atoms with Gasteiger partial charge in [0.25, 0.3) is 5.56 Å². The van der Waals surface area contributed by atoms with E-state index in [0.29, 0.717) is 45.0 Å². The maximum atomic E-state index is 13.4. The molecule has 10 heteroatoms. The molecule has 0 aliphatic carbocycles. The molecule has 9 nitrogen and oxygen atoms in total. The van der Waals surface area contributed by atoms with Crippen molar-refractivity contribution in [3.63, 3.8) is 0 Å². The quantitative estimate of drug-likeness (QED) is 0.251. The first kappa shape index (κ1) is 26.0. The Balaban J connectivity index is 1.60. The Hall–Kier alpha value is -4.62. The first-order valence-electron chi connectivity index (χ1n) is 12.2. The first-order chi connectivity index (χ1) is 18.9. The van der Waals surface area contributed by atoms with E-state index in [2.05, 4.69) is 42.2 Å². The maximum absolute atomic E-state index is 13.4. The van der Waals surface area contributed by atoms with Crippen LogP contribution in [0.4, 0.5) is 0 Å². The number of thioether (sulfide) groups is 1. The van der Waals surface area contributed by atoms with Gasteiger partial charge >= 0.3 is 0 Å². The molecule has 2 heterocycles. The van der Waals surface area contributed by atoms with E-state index in [4.69, 9.17) is 14.5 Å². The van der Waals surface area contributed by atoms with Crippen LogP contribution < -0.4 is 15.0 Å². The van der Waals surface area contributed by atoms with Crippen molar-refractivity contribution in [2.24, 2.45) is 0 Å². The fourth-order valence-electron chi connectivity index (χ4n) is 4.30. The zero-order valence-corrected chi connectivity index (χ0v) is 22.8. The van der Waals surface area contributed by atoms with Crippen LogP contribution in [-0.4, -0.2) is 38.5 Å². The van der Waals surface area contributed by atoms with Gasteiger partial charge in [0.05, 0.1) is 42.6 Å². The number of fused-ring (bicyclic) bond motifs is 1. The number of nitrogens with zero attached hydrogens (tertiary/aromatic N) is 6. The second-order valence-electron chi connectivity index (χ2n) is 8.87. The van der Waals surface area contributed by atoms with Gasteiger partial charge in [-0.3, -0.25) is 13.9 Å². The third kappa shape index (κ3) is 4.96. The summed E-state index contributed by atoms with van der Waals surface area (Å²) in [7, 11) is 3.03. The van der Waals surface area contributed by atoms with Crippen LogP contribution in [0, 0.1) is 25.2 Å². The fraction of sp³-hybridized carbons (Fsp3) is 0.207. The summed E-state index contributed by atoms with van der Waals surface area (Å²) in [6.07, 6.45) is 0. The van der Waals surface area contributed by atoms with Gasteiger partial charge < -0.3 is 9.47 Å². The van der Waals surface area contributed by atoms with Crippen LogP contribution in [0.1, 0.15) is 17.0 Å². The number of ether oxygens (including phenoxy) is 2. The number of aromatic nitrogens is 5. The molecule has 0 bridgehead atoms. The van der Waals surface area contributed by atoms with E-state index in [0.717, 1.165) is 16.8 Å². The standard InChI is InChI=1S/C29H26N6O3S/c1-18-10-11-21(14-19(18)2)35-27(20-8-6-5-7-9-20)32-33-29(35)39-17-26-31-23-16-25(38-4)24(37-3)15-22(23)28(36)34(26)13-12-30/h5-11,14-16H,13,17H2,1-4H3. The molecule has 5 rings (SSSR count). The number of hydrogen-bond donors (Lipinski definition) is 0. The second kappa shape index (κ2) is 11.0. The number of nitriles is 1. The van der Waals surface area contributed by atoms with Crippen LogP contribution in [0.3, 0.4) is 0 Å². The molecule has 2 aromatic heterocycles. The lowest BCUT2D eigenvalue weighted by molar-refractivity contribution is 0.355. The number of methoxy groups -OCH3 is 2. The molecule has 0 spiro atoms. The number of aryl methyl sites for hydroxylation is 2. The van der Waals surface area contributed by atoms with Crippen LogP contribution in [0.2, 0.25) is 0 Å². The molecule has 0 aliphatic heterocycles. The van der Waals surface area contributed by atoms with Crippen molar-refractivity contribution in [2.45, 2.75) is 31.3 Å². The largest absolute Gasteiger partial charge is 0.493 e. The topological polar surface area (TPSA) is 108 Å². The van der Waals surface area contributed by atoms with Crippen LogP contribution in [-0.2, 0) is 12.3 Å². The molecule has 0 saturated carbocycles. The lowest BCUT2D eigenvalue weighted by atomic mass is 10.1. The zero-order chi connectivity index (χ0) is 27.5. The highest BCUT2D eigenvalue weighted by Gasteiger charge is 2.19. The van der Waals surface area contributed by atoms with Gasteiger partial charge in [0.1, 0.15) is 12.4 Å². The Morgan fingerprint density at radius 1 is 0.949 bits per heavy atom. The summed E-state index contributed by atoms with van der Waals surface area (Å²) < 4.78 is 14.2. The normalized spacial score (nSPS) is 10.9. The van der Waals surface area contributed by atoms with Crippen LogP contribution in [0.15, 0.2) is 70.6 Å². The van der Waals surface area contributed by atoms with Gasteiger partial charge in [0, 0.05) is 11.6 Å². The van der Waals surface area contributed by atoms with Crippen LogP contribution in [0.25, 0.3) is 28.0 Å². The van der Waals surface area contributed by atoms with E-state index in [1.54, 1.807) is 12.1 Å². The Morgan fingerprint density at radius 2 is 1.69 bits per heavy atom. The highest BCUT2D eigenvalue weighted by atomic mass is 32.2. The van der Waals surface area contributed by atoms with Gasteiger partial charge in [-0.2, -0.15) is 5.26 Å². The van der Waals surface area contributed by atoms with Gasteiger partial charge in [-0.15, -0.1) is 10.2 Å². The lowest BCUT2D eigenvalue weighted by Gasteiger charge is -2.14. The van der Waals surface area contributed by atoms with Crippen molar-refractivity contribution in [1.29, 1.82) is 5.26 Å². The molecule has 5 aromatic rings. The van der Waals surface area contributed by atoms with Crippen molar-refractivity contribution in [3.8, 4) is 34.6 Å². The van der Waals surface area contributed by atoms with E-state index < -0.39 is 0 Å².